The van der Waals surface area contributed by atoms with Gasteiger partial charge in [-0.15, -0.1) is 0 Å². The van der Waals surface area contributed by atoms with E-state index in [-0.39, 0.29) is 12.3 Å². The van der Waals surface area contributed by atoms with Crippen LogP contribution in [0.5, 0.6) is 0 Å². The van der Waals surface area contributed by atoms with Gasteiger partial charge in [0.05, 0.1) is 18.5 Å². The summed E-state index contributed by atoms with van der Waals surface area (Å²) in [4.78, 5) is 21.1. The van der Waals surface area contributed by atoms with Crippen molar-refractivity contribution >= 4 is 19.0 Å². The van der Waals surface area contributed by atoms with Crippen molar-refractivity contribution in [3.8, 4) is 0 Å². The number of nitrogens with one attached hydrogen (secondary N) is 1. The molecule has 0 aromatic heterocycles. The highest BCUT2D eigenvalue weighted by Crippen LogP contribution is 2.18. The van der Waals surface area contributed by atoms with Gasteiger partial charge in [0.15, 0.2) is 0 Å². The molecule has 0 saturated carbocycles. The summed E-state index contributed by atoms with van der Waals surface area (Å²) in [7, 11) is -1.12. The number of aliphatic carboxylic acids is 1. The number of amides is 1. The summed E-state index contributed by atoms with van der Waals surface area (Å²) >= 11 is 0. The van der Waals surface area contributed by atoms with Crippen LogP contribution in [0.1, 0.15) is 26.2 Å². The second-order valence-electron chi connectivity index (χ2n) is 3.63. The summed E-state index contributed by atoms with van der Waals surface area (Å²) in [6, 6.07) is 0. The molecule has 15 heavy (non-hydrogen) atoms. The lowest BCUT2D eigenvalue weighted by Crippen LogP contribution is -2.52. The molecule has 1 amide bonds. The van der Waals surface area contributed by atoms with Gasteiger partial charge in [-0.1, -0.05) is 0 Å². The average molecular weight is 215 g/mol. The Morgan fingerprint density at radius 1 is 1.53 bits per heavy atom. The first-order valence-corrected chi connectivity index (χ1v) is 4.81. The van der Waals surface area contributed by atoms with E-state index < -0.39 is 25.1 Å². The fourth-order valence-electron chi connectivity index (χ4n) is 1.62. The summed E-state index contributed by atoms with van der Waals surface area (Å²) in [6.07, 6.45) is 0.458. The van der Waals surface area contributed by atoms with Crippen LogP contribution in [0.15, 0.2) is 0 Å². The number of rotatable bonds is 3. The van der Waals surface area contributed by atoms with Crippen LogP contribution in [-0.2, 0) is 14.2 Å². The zero-order valence-electron chi connectivity index (χ0n) is 8.47. The van der Waals surface area contributed by atoms with Gasteiger partial charge in [-0.25, -0.2) is 0 Å². The van der Waals surface area contributed by atoms with Gasteiger partial charge in [0.2, 0.25) is 5.91 Å². The van der Waals surface area contributed by atoms with Crippen LogP contribution in [0.3, 0.4) is 0 Å². The minimum absolute atomic E-state index is 0.121. The standard InChI is InChI=1S/C8H14BNO5/c1-5(11)10-7-3-2-6(4-8(12)13)15-9(7)14/h6-7,14H,2-4H2,1H3,(H,10,11)(H,12,13)/t6-,7+/m1/s1. The second-order valence-corrected chi connectivity index (χ2v) is 3.63. The molecule has 0 radical (unpaired) electrons. The molecule has 0 aromatic rings. The number of carbonyl (C=O) groups excluding carboxylic acids is 1. The first kappa shape index (κ1) is 12.0. The fourth-order valence-corrected chi connectivity index (χ4v) is 1.62. The van der Waals surface area contributed by atoms with Crippen molar-refractivity contribution in [1.29, 1.82) is 0 Å². The van der Waals surface area contributed by atoms with Gasteiger partial charge in [0.1, 0.15) is 0 Å². The van der Waals surface area contributed by atoms with Crippen molar-refractivity contribution < 1.29 is 24.4 Å². The Hall–Kier alpha value is -1.08. The number of hydrogen-bond acceptors (Lipinski definition) is 4. The third-order valence-electron chi connectivity index (χ3n) is 2.27. The summed E-state index contributed by atoms with van der Waals surface area (Å²) in [5.41, 5.74) is 0. The smallest absolute Gasteiger partial charge is 0.478 e. The van der Waals surface area contributed by atoms with Gasteiger partial charge < -0.3 is 20.1 Å². The Balaban J connectivity index is 2.40. The second kappa shape index (κ2) is 5.13. The summed E-state index contributed by atoms with van der Waals surface area (Å²) in [5.74, 6) is -1.63. The van der Waals surface area contributed by atoms with E-state index in [0.29, 0.717) is 12.8 Å². The molecule has 6 nitrogen and oxygen atoms in total. The molecule has 0 aromatic carbocycles. The van der Waals surface area contributed by atoms with E-state index in [1.807, 2.05) is 0 Å². The van der Waals surface area contributed by atoms with Gasteiger partial charge in [0.25, 0.3) is 0 Å². The van der Waals surface area contributed by atoms with E-state index in [2.05, 4.69) is 5.32 Å². The number of carboxylic acids is 1. The summed E-state index contributed by atoms with van der Waals surface area (Å²) in [6.45, 7) is 1.36. The molecule has 0 bridgehead atoms. The third-order valence-corrected chi connectivity index (χ3v) is 2.27. The Kier molecular flexibility index (Phi) is 4.10. The molecule has 1 fully saturated rings. The maximum absolute atomic E-state index is 10.7. The van der Waals surface area contributed by atoms with Crippen molar-refractivity contribution in [2.24, 2.45) is 0 Å². The van der Waals surface area contributed by atoms with Crippen LogP contribution in [0, 0.1) is 0 Å². The van der Waals surface area contributed by atoms with Gasteiger partial charge in [-0.05, 0) is 12.8 Å². The quantitative estimate of drug-likeness (QED) is 0.533. The number of carboxylic acid groups (broad SMARTS) is 1. The Bertz CT molecular complexity index is 259. The highest BCUT2D eigenvalue weighted by molar-refractivity contribution is 6.45. The van der Waals surface area contributed by atoms with E-state index in [9.17, 15) is 14.6 Å². The van der Waals surface area contributed by atoms with Crippen molar-refractivity contribution in [3.05, 3.63) is 0 Å². The van der Waals surface area contributed by atoms with E-state index >= 15 is 0 Å². The molecular formula is C8H14BNO5. The predicted octanol–water partition coefficient (Wildman–Crippen LogP) is -0.835. The Labute approximate surface area is 87.8 Å². The Morgan fingerprint density at radius 3 is 2.67 bits per heavy atom. The van der Waals surface area contributed by atoms with Crippen LogP contribution in [-0.4, -0.2) is 41.2 Å². The molecule has 84 valence electrons. The average Bonchev–Trinajstić information content (AvgIpc) is 2.08. The lowest BCUT2D eigenvalue weighted by molar-refractivity contribution is -0.139. The highest BCUT2D eigenvalue weighted by Gasteiger charge is 2.36. The molecule has 1 heterocycles. The first-order chi connectivity index (χ1) is 6.99. The molecular weight excluding hydrogens is 201 g/mol. The van der Waals surface area contributed by atoms with E-state index in [0.717, 1.165) is 0 Å². The molecule has 3 N–H and O–H groups in total. The summed E-state index contributed by atoms with van der Waals surface area (Å²) < 4.78 is 5.07. The molecule has 2 atom stereocenters. The lowest BCUT2D eigenvalue weighted by Gasteiger charge is -2.30. The van der Waals surface area contributed by atoms with Crippen molar-refractivity contribution in [2.45, 2.75) is 38.2 Å². The van der Waals surface area contributed by atoms with Crippen LogP contribution in [0.2, 0.25) is 0 Å². The highest BCUT2D eigenvalue weighted by atomic mass is 16.5. The maximum atomic E-state index is 10.7. The van der Waals surface area contributed by atoms with Crippen molar-refractivity contribution in [2.75, 3.05) is 0 Å². The van der Waals surface area contributed by atoms with Gasteiger partial charge in [0, 0.05) is 6.92 Å². The van der Waals surface area contributed by atoms with Gasteiger partial charge in [-0.3, -0.25) is 9.59 Å². The maximum Gasteiger partial charge on any atom is 0.478 e. The minimum atomic E-state index is -1.12. The zero-order chi connectivity index (χ0) is 11.4. The number of hydrogen-bond donors (Lipinski definition) is 3. The molecule has 1 aliphatic heterocycles. The van der Waals surface area contributed by atoms with Crippen molar-refractivity contribution in [3.63, 3.8) is 0 Å². The van der Waals surface area contributed by atoms with E-state index in [1.54, 1.807) is 0 Å². The molecule has 0 unspecified atom stereocenters. The van der Waals surface area contributed by atoms with E-state index in [4.69, 9.17) is 9.76 Å². The van der Waals surface area contributed by atoms with Crippen LogP contribution >= 0.6 is 0 Å². The lowest BCUT2D eigenvalue weighted by atomic mass is 9.72. The molecule has 1 aliphatic rings. The first-order valence-electron chi connectivity index (χ1n) is 4.81. The molecule has 0 spiro atoms. The molecule has 0 aliphatic carbocycles. The zero-order valence-corrected chi connectivity index (χ0v) is 8.47. The van der Waals surface area contributed by atoms with Gasteiger partial charge in [-0.2, -0.15) is 0 Å². The topological polar surface area (TPSA) is 95.9 Å². The fraction of sp³-hybridized carbons (Fsp3) is 0.750. The SMILES string of the molecule is CC(=O)N[C@H]1CC[C@H](CC(=O)O)OB1O. The molecule has 7 heteroatoms. The van der Waals surface area contributed by atoms with Crippen molar-refractivity contribution in [1.82, 2.24) is 5.32 Å². The molecule has 1 saturated heterocycles. The van der Waals surface area contributed by atoms with E-state index in [1.165, 1.54) is 6.92 Å². The van der Waals surface area contributed by atoms with Crippen LogP contribution < -0.4 is 5.32 Å². The largest absolute Gasteiger partial charge is 0.481 e. The Morgan fingerprint density at radius 2 is 2.20 bits per heavy atom. The van der Waals surface area contributed by atoms with Crippen LogP contribution in [0.4, 0.5) is 0 Å². The predicted molar refractivity (Wildman–Crippen MR) is 51.9 cm³/mol. The normalized spacial score (nSPS) is 26.1. The monoisotopic (exact) mass is 215 g/mol. The third kappa shape index (κ3) is 3.89. The minimum Gasteiger partial charge on any atom is -0.481 e. The molecule has 1 rings (SSSR count). The summed E-state index contributed by atoms with van der Waals surface area (Å²) in [5, 5.41) is 20.5. The van der Waals surface area contributed by atoms with Gasteiger partial charge >= 0.3 is 13.1 Å². The van der Waals surface area contributed by atoms with Crippen LogP contribution in [0.25, 0.3) is 0 Å². The number of carbonyl (C=O) groups is 2.